The number of benzene rings is 1. The Kier molecular flexibility index (Phi) is 5.39. The smallest absolute Gasteiger partial charge is 0.324 e. The predicted octanol–water partition coefficient (Wildman–Crippen LogP) is 2.87. The number of urea groups is 1. The van der Waals surface area contributed by atoms with E-state index in [2.05, 4.69) is 25.5 Å². The van der Waals surface area contributed by atoms with Crippen LogP contribution in [0.5, 0.6) is 0 Å². The van der Waals surface area contributed by atoms with Crippen LogP contribution in [0.3, 0.4) is 0 Å². The number of hydrogen-bond acceptors (Lipinski definition) is 5. The van der Waals surface area contributed by atoms with Gasteiger partial charge in [0.25, 0.3) is 0 Å². The van der Waals surface area contributed by atoms with E-state index in [1.807, 2.05) is 42.8 Å². The Morgan fingerprint density at radius 1 is 1.32 bits per heavy atom. The van der Waals surface area contributed by atoms with Crippen molar-refractivity contribution in [3.05, 3.63) is 57.8 Å². The van der Waals surface area contributed by atoms with Crippen LogP contribution in [-0.2, 0) is 12.8 Å². The molecule has 0 atom stereocenters. The molecule has 0 bridgehead atoms. The van der Waals surface area contributed by atoms with Crippen LogP contribution in [0.2, 0.25) is 0 Å². The summed E-state index contributed by atoms with van der Waals surface area (Å²) in [6.07, 6.45) is 1.43. The van der Waals surface area contributed by atoms with Crippen molar-refractivity contribution in [1.82, 2.24) is 25.1 Å². The Morgan fingerprint density at radius 3 is 2.84 bits per heavy atom. The first-order chi connectivity index (χ1) is 12.1. The summed E-state index contributed by atoms with van der Waals surface area (Å²) in [7, 11) is 1.75. The van der Waals surface area contributed by atoms with E-state index in [9.17, 15) is 4.79 Å². The fourth-order valence-corrected chi connectivity index (χ4v) is 3.12. The highest BCUT2D eigenvalue weighted by Gasteiger charge is 2.13. The molecule has 130 valence electrons. The summed E-state index contributed by atoms with van der Waals surface area (Å²) in [5.41, 5.74) is 3.99. The summed E-state index contributed by atoms with van der Waals surface area (Å²) in [6.45, 7) is 2.59. The van der Waals surface area contributed by atoms with Crippen LogP contribution in [0.25, 0.3) is 0 Å². The average molecular weight is 356 g/mol. The number of amides is 2. The van der Waals surface area contributed by atoms with Crippen molar-refractivity contribution in [2.45, 2.75) is 19.8 Å². The van der Waals surface area contributed by atoms with Crippen LogP contribution in [0, 0.1) is 6.92 Å². The molecule has 2 amide bonds. The number of carbonyl (C=O) groups excluding carboxylic acids is 1. The van der Waals surface area contributed by atoms with Crippen LogP contribution < -0.4 is 5.32 Å². The molecule has 2 N–H and O–H groups in total. The molecule has 0 unspecified atom stereocenters. The first-order valence-corrected chi connectivity index (χ1v) is 8.86. The minimum absolute atomic E-state index is 0.229. The third kappa shape index (κ3) is 4.63. The minimum Gasteiger partial charge on any atom is -0.327 e. The normalized spacial score (nSPS) is 10.6. The average Bonchev–Trinajstić information content (AvgIpc) is 3.22. The van der Waals surface area contributed by atoms with Gasteiger partial charge in [0.15, 0.2) is 0 Å². The van der Waals surface area contributed by atoms with Crippen LogP contribution in [0.4, 0.5) is 10.7 Å². The molecular weight excluding hydrogens is 336 g/mol. The molecule has 2 heterocycles. The molecule has 0 radical (unpaired) electrons. The maximum absolute atomic E-state index is 12.2. The molecule has 0 aliphatic heterocycles. The van der Waals surface area contributed by atoms with Gasteiger partial charge >= 0.3 is 6.03 Å². The molecule has 0 spiro atoms. The molecule has 0 fully saturated rings. The Balaban J connectivity index is 1.51. The van der Waals surface area contributed by atoms with E-state index in [-0.39, 0.29) is 12.0 Å². The zero-order valence-corrected chi connectivity index (χ0v) is 15.0. The number of anilines is 1. The maximum atomic E-state index is 12.2. The molecule has 0 saturated carbocycles. The molecular formula is C17H20N6OS. The predicted molar refractivity (Wildman–Crippen MR) is 97.8 cm³/mol. The van der Waals surface area contributed by atoms with Gasteiger partial charge < -0.3 is 4.90 Å². The Labute approximate surface area is 150 Å². The van der Waals surface area contributed by atoms with Gasteiger partial charge in [-0.15, -0.1) is 16.4 Å². The van der Waals surface area contributed by atoms with E-state index in [4.69, 9.17) is 0 Å². The maximum Gasteiger partial charge on any atom is 0.324 e. The summed E-state index contributed by atoms with van der Waals surface area (Å²) < 4.78 is 0. The van der Waals surface area contributed by atoms with Gasteiger partial charge in [-0.2, -0.15) is 4.98 Å². The fourth-order valence-electron chi connectivity index (χ4n) is 2.35. The number of likely N-dealkylation sites (N-methyl/N-ethyl adjacent to an activating group) is 1. The molecule has 3 rings (SSSR count). The number of aromatic nitrogens is 4. The van der Waals surface area contributed by atoms with Gasteiger partial charge in [-0.1, -0.05) is 30.3 Å². The molecule has 25 heavy (non-hydrogen) atoms. The number of aryl methyl sites for hydroxylation is 1. The molecule has 8 heteroatoms. The van der Waals surface area contributed by atoms with Gasteiger partial charge in [0, 0.05) is 31.3 Å². The number of aromatic amines is 1. The monoisotopic (exact) mass is 356 g/mol. The SMILES string of the molecule is Cc1ncsc1CCN(C)C(=O)Nc1n[nH]c(Cc2ccccc2)n1. The van der Waals surface area contributed by atoms with Crippen LogP contribution in [-0.4, -0.2) is 44.7 Å². The van der Waals surface area contributed by atoms with Crippen molar-refractivity contribution >= 4 is 23.3 Å². The first kappa shape index (κ1) is 17.1. The molecule has 1 aromatic carbocycles. The van der Waals surface area contributed by atoms with Gasteiger partial charge in [0.2, 0.25) is 5.95 Å². The van der Waals surface area contributed by atoms with Gasteiger partial charge in [-0.3, -0.25) is 10.4 Å². The number of H-pyrrole nitrogens is 1. The van der Waals surface area contributed by atoms with Gasteiger partial charge in [-0.25, -0.2) is 9.78 Å². The number of thiazole rings is 1. The second-order valence-corrected chi connectivity index (χ2v) is 6.67. The van der Waals surface area contributed by atoms with Crippen molar-refractivity contribution in [1.29, 1.82) is 0 Å². The van der Waals surface area contributed by atoms with Gasteiger partial charge in [-0.05, 0) is 12.5 Å². The van der Waals surface area contributed by atoms with Crippen LogP contribution >= 0.6 is 11.3 Å². The highest BCUT2D eigenvalue weighted by atomic mass is 32.1. The van der Waals surface area contributed by atoms with E-state index in [0.29, 0.717) is 18.8 Å². The largest absolute Gasteiger partial charge is 0.327 e. The highest BCUT2D eigenvalue weighted by Crippen LogP contribution is 2.13. The second kappa shape index (κ2) is 7.89. The molecule has 3 aromatic rings. The van der Waals surface area contributed by atoms with Crippen LogP contribution in [0.1, 0.15) is 22.0 Å². The first-order valence-electron chi connectivity index (χ1n) is 7.98. The summed E-state index contributed by atoms with van der Waals surface area (Å²) in [5.74, 6) is 1.00. The zero-order valence-electron chi connectivity index (χ0n) is 14.2. The second-order valence-electron chi connectivity index (χ2n) is 5.73. The number of carbonyl (C=O) groups is 1. The number of nitrogens with zero attached hydrogens (tertiary/aromatic N) is 4. The highest BCUT2D eigenvalue weighted by molar-refractivity contribution is 7.09. The Hall–Kier alpha value is -2.74. The van der Waals surface area contributed by atoms with Crippen molar-refractivity contribution in [2.24, 2.45) is 0 Å². The molecule has 0 aliphatic carbocycles. The summed E-state index contributed by atoms with van der Waals surface area (Å²) in [4.78, 5) is 23.6. The third-order valence-electron chi connectivity index (χ3n) is 3.83. The van der Waals surface area contributed by atoms with Crippen molar-refractivity contribution in [3.8, 4) is 0 Å². The Bertz CT molecular complexity index is 829. The van der Waals surface area contributed by atoms with Crippen molar-refractivity contribution < 1.29 is 4.79 Å². The van der Waals surface area contributed by atoms with Gasteiger partial charge in [0.05, 0.1) is 11.2 Å². The quantitative estimate of drug-likeness (QED) is 0.711. The lowest BCUT2D eigenvalue weighted by atomic mass is 10.1. The molecule has 2 aromatic heterocycles. The topological polar surface area (TPSA) is 86.8 Å². The number of nitrogens with one attached hydrogen (secondary N) is 2. The summed E-state index contributed by atoms with van der Waals surface area (Å²) in [5, 5.41) is 9.63. The van der Waals surface area contributed by atoms with Crippen molar-refractivity contribution in [2.75, 3.05) is 18.9 Å². The van der Waals surface area contributed by atoms with Crippen molar-refractivity contribution in [3.63, 3.8) is 0 Å². The standard InChI is InChI=1S/C17H20N6OS/c1-12-14(25-11-18-12)8-9-23(2)17(24)20-16-19-15(21-22-16)10-13-6-4-3-5-7-13/h3-7,11H,8-10H2,1-2H3,(H2,19,20,21,22,24). The lowest BCUT2D eigenvalue weighted by Gasteiger charge is -2.16. The summed E-state index contributed by atoms with van der Waals surface area (Å²) in [6, 6.07) is 9.75. The lowest BCUT2D eigenvalue weighted by Crippen LogP contribution is -2.33. The lowest BCUT2D eigenvalue weighted by molar-refractivity contribution is 0.223. The molecule has 7 nitrogen and oxygen atoms in total. The van der Waals surface area contributed by atoms with E-state index in [0.717, 1.165) is 17.7 Å². The Morgan fingerprint density at radius 2 is 2.12 bits per heavy atom. The van der Waals surface area contributed by atoms with E-state index in [1.54, 1.807) is 23.3 Å². The minimum atomic E-state index is -0.229. The van der Waals surface area contributed by atoms with Crippen LogP contribution in [0.15, 0.2) is 35.8 Å². The van der Waals surface area contributed by atoms with E-state index >= 15 is 0 Å². The third-order valence-corrected chi connectivity index (χ3v) is 4.83. The van der Waals surface area contributed by atoms with E-state index < -0.39 is 0 Å². The van der Waals surface area contributed by atoms with E-state index in [1.165, 1.54) is 4.88 Å². The molecule has 0 aliphatic rings. The number of rotatable bonds is 6. The number of hydrogen-bond donors (Lipinski definition) is 2. The molecule has 0 saturated heterocycles. The van der Waals surface area contributed by atoms with Gasteiger partial charge in [0.1, 0.15) is 5.82 Å². The zero-order chi connectivity index (χ0) is 17.6. The summed E-state index contributed by atoms with van der Waals surface area (Å²) >= 11 is 1.61. The fraction of sp³-hybridized carbons (Fsp3) is 0.294.